The van der Waals surface area contributed by atoms with Gasteiger partial charge >= 0.3 is 0 Å². The molecule has 9 heteroatoms. The fourth-order valence-corrected chi connectivity index (χ4v) is 5.14. The van der Waals surface area contributed by atoms with Gasteiger partial charge in [-0.1, -0.05) is 0 Å². The first kappa shape index (κ1) is 20.8. The highest BCUT2D eigenvalue weighted by Crippen LogP contribution is 2.27. The maximum absolute atomic E-state index is 13.0. The Morgan fingerprint density at radius 2 is 1.79 bits per heavy atom. The van der Waals surface area contributed by atoms with Gasteiger partial charge in [0.05, 0.1) is 11.4 Å². The number of carbonyl (C=O) groups excluding carboxylic acids is 2. The van der Waals surface area contributed by atoms with Crippen LogP contribution in [0.25, 0.3) is 0 Å². The predicted octanol–water partition coefficient (Wildman–Crippen LogP) is 0.746. The Morgan fingerprint density at radius 1 is 1.11 bits per heavy atom. The number of amides is 2. The van der Waals surface area contributed by atoms with Crippen molar-refractivity contribution >= 4 is 27.5 Å². The molecule has 0 bridgehead atoms. The quantitative estimate of drug-likeness (QED) is 0.750. The number of benzene rings is 1. The van der Waals surface area contributed by atoms with Gasteiger partial charge in [0.2, 0.25) is 21.8 Å². The van der Waals surface area contributed by atoms with E-state index >= 15 is 0 Å². The van der Waals surface area contributed by atoms with Crippen LogP contribution in [0.1, 0.15) is 25.8 Å². The average Bonchev–Trinajstić information content (AvgIpc) is 2.69. The number of carbonyl (C=O) groups is 2. The van der Waals surface area contributed by atoms with Crippen molar-refractivity contribution in [1.82, 2.24) is 14.1 Å². The minimum Gasteiger partial charge on any atom is -0.342 e. The zero-order chi connectivity index (χ0) is 20.3. The van der Waals surface area contributed by atoms with Crippen LogP contribution in [0.4, 0.5) is 5.69 Å². The van der Waals surface area contributed by atoms with Crippen molar-refractivity contribution in [3.63, 3.8) is 0 Å². The van der Waals surface area contributed by atoms with E-state index in [9.17, 15) is 18.0 Å². The molecule has 0 saturated carbocycles. The van der Waals surface area contributed by atoms with E-state index in [-0.39, 0.29) is 16.7 Å². The van der Waals surface area contributed by atoms with E-state index in [2.05, 4.69) is 5.32 Å². The van der Waals surface area contributed by atoms with Crippen molar-refractivity contribution in [3.8, 4) is 0 Å². The number of hydrogen-bond donors (Lipinski definition) is 1. The smallest absolute Gasteiger partial charge is 0.243 e. The molecule has 2 aliphatic rings. The Kier molecular flexibility index (Phi) is 6.36. The van der Waals surface area contributed by atoms with Crippen LogP contribution in [0.5, 0.6) is 0 Å². The maximum Gasteiger partial charge on any atom is 0.243 e. The monoisotopic (exact) mass is 408 g/mol. The Morgan fingerprint density at radius 3 is 2.43 bits per heavy atom. The Balaban J connectivity index is 1.63. The second-order valence-electron chi connectivity index (χ2n) is 7.11. The average molecular weight is 409 g/mol. The summed E-state index contributed by atoms with van der Waals surface area (Å²) in [5.41, 5.74) is 1.54. The van der Waals surface area contributed by atoms with Crippen molar-refractivity contribution in [1.29, 1.82) is 0 Å². The molecule has 2 heterocycles. The van der Waals surface area contributed by atoms with E-state index in [1.165, 1.54) is 4.31 Å². The molecule has 0 atom stereocenters. The topological polar surface area (TPSA) is 90.0 Å². The number of sulfonamides is 1. The minimum atomic E-state index is -3.59. The molecule has 1 saturated heterocycles. The molecule has 3 rings (SSSR count). The van der Waals surface area contributed by atoms with Crippen LogP contribution >= 0.6 is 0 Å². The minimum absolute atomic E-state index is 0.0431. The molecule has 28 heavy (non-hydrogen) atoms. The van der Waals surface area contributed by atoms with Crippen molar-refractivity contribution in [3.05, 3.63) is 23.8 Å². The van der Waals surface area contributed by atoms with Crippen molar-refractivity contribution in [2.24, 2.45) is 0 Å². The summed E-state index contributed by atoms with van der Waals surface area (Å²) in [6.45, 7) is 7.40. The summed E-state index contributed by atoms with van der Waals surface area (Å²) >= 11 is 0. The molecule has 0 unspecified atom stereocenters. The first-order chi connectivity index (χ1) is 13.3. The van der Waals surface area contributed by atoms with Gasteiger partial charge in [-0.25, -0.2) is 8.42 Å². The third-order valence-electron chi connectivity index (χ3n) is 5.42. The number of fused-ring (bicyclic) bond motifs is 1. The molecule has 1 N–H and O–H groups in total. The zero-order valence-corrected chi connectivity index (χ0v) is 17.3. The normalized spacial score (nSPS) is 18.4. The molecule has 0 aromatic heterocycles. The van der Waals surface area contributed by atoms with E-state index in [0.29, 0.717) is 64.3 Å². The summed E-state index contributed by atoms with van der Waals surface area (Å²) in [6.07, 6.45) is 0.918. The summed E-state index contributed by atoms with van der Waals surface area (Å²) in [5, 5.41) is 2.77. The fourth-order valence-electron chi connectivity index (χ4n) is 3.66. The molecule has 1 aromatic rings. The van der Waals surface area contributed by atoms with Gasteiger partial charge in [-0.2, -0.15) is 4.31 Å². The van der Waals surface area contributed by atoms with Crippen LogP contribution in [-0.4, -0.2) is 80.2 Å². The van der Waals surface area contributed by atoms with Crippen molar-refractivity contribution in [2.45, 2.75) is 31.6 Å². The Bertz CT molecular complexity index is 843. The summed E-state index contributed by atoms with van der Waals surface area (Å²) in [5.74, 6) is 0.0385. The first-order valence-electron chi connectivity index (χ1n) is 9.78. The highest BCUT2D eigenvalue weighted by molar-refractivity contribution is 7.89. The predicted molar refractivity (Wildman–Crippen MR) is 107 cm³/mol. The van der Waals surface area contributed by atoms with Crippen LogP contribution in [0, 0.1) is 0 Å². The Labute approximate surface area is 166 Å². The molecule has 2 aliphatic heterocycles. The van der Waals surface area contributed by atoms with Gasteiger partial charge < -0.3 is 10.2 Å². The molecular formula is C19H28N4O4S. The van der Waals surface area contributed by atoms with Gasteiger partial charge in [0.25, 0.3) is 0 Å². The zero-order valence-electron chi connectivity index (χ0n) is 16.5. The maximum atomic E-state index is 13.0. The number of likely N-dealkylation sites (N-methyl/N-ethyl adjacent to an activating group) is 1. The van der Waals surface area contributed by atoms with Crippen molar-refractivity contribution < 1.29 is 18.0 Å². The first-order valence-corrected chi connectivity index (χ1v) is 11.2. The number of nitrogens with zero attached hydrogens (tertiary/aromatic N) is 3. The molecule has 2 amide bonds. The molecule has 1 aromatic carbocycles. The molecular weight excluding hydrogens is 380 g/mol. The lowest BCUT2D eigenvalue weighted by Crippen LogP contribution is -2.51. The molecule has 154 valence electrons. The number of nitrogens with one attached hydrogen (secondary N) is 1. The summed E-state index contributed by atoms with van der Waals surface area (Å²) in [7, 11) is -3.59. The lowest BCUT2D eigenvalue weighted by molar-refractivity contribution is -0.132. The molecule has 1 fully saturated rings. The van der Waals surface area contributed by atoms with Crippen LogP contribution in [0.3, 0.4) is 0 Å². The summed E-state index contributed by atoms with van der Waals surface area (Å²) in [6, 6.07) is 4.88. The van der Waals surface area contributed by atoms with E-state index in [1.54, 1.807) is 23.1 Å². The second-order valence-corrected chi connectivity index (χ2v) is 9.05. The van der Waals surface area contributed by atoms with Crippen LogP contribution < -0.4 is 5.32 Å². The van der Waals surface area contributed by atoms with Gasteiger partial charge in [0.15, 0.2) is 0 Å². The van der Waals surface area contributed by atoms with Crippen LogP contribution in [0.2, 0.25) is 0 Å². The number of aryl methyl sites for hydroxylation is 1. The number of piperazine rings is 1. The molecule has 0 spiro atoms. The second kappa shape index (κ2) is 8.59. The van der Waals surface area contributed by atoms with Gasteiger partial charge in [-0.3, -0.25) is 14.5 Å². The van der Waals surface area contributed by atoms with Gasteiger partial charge in [-0.15, -0.1) is 0 Å². The van der Waals surface area contributed by atoms with E-state index in [4.69, 9.17) is 0 Å². The van der Waals surface area contributed by atoms with E-state index in [0.717, 1.165) is 5.56 Å². The van der Waals surface area contributed by atoms with Crippen LogP contribution in [0.15, 0.2) is 23.1 Å². The fraction of sp³-hybridized carbons (Fsp3) is 0.579. The largest absolute Gasteiger partial charge is 0.342 e. The number of anilines is 1. The lowest BCUT2D eigenvalue weighted by Gasteiger charge is -2.34. The standard InChI is InChI=1S/C19H28N4O4S/c1-3-22(4-2)19(25)14-21-9-11-23(12-10-21)28(26,27)16-6-7-17-15(13-16)5-8-18(24)20-17/h6-7,13H,3-5,8-12,14H2,1-2H3,(H,20,24). The summed E-state index contributed by atoms with van der Waals surface area (Å²) in [4.78, 5) is 27.8. The third-order valence-corrected chi connectivity index (χ3v) is 7.31. The van der Waals surface area contributed by atoms with Gasteiger partial charge in [0, 0.05) is 51.4 Å². The lowest BCUT2D eigenvalue weighted by atomic mass is 10.0. The van der Waals surface area contributed by atoms with Gasteiger partial charge in [0.1, 0.15) is 0 Å². The molecule has 8 nitrogen and oxygen atoms in total. The van der Waals surface area contributed by atoms with Gasteiger partial charge in [-0.05, 0) is 44.0 Å². The van der Waals surface area contributed by atoms with Crippen molar-refractivity contribution in [2.75, 3.05) is 51.1 Å². The number of rotatable bonds is 6. The SMILES string of the molecule is CCN(CC)C(=O)CN1CCN(S(=O)(=O)c2ccc3c(c2)CCC(=O)N3)CC1. The molecule has 0 aliphatic carbocycles. The molecule has 0 radical (unpaired) electrons. The number of hydrogen-bond acceptors (Lipinski definition) is 5. The van der Waals surface area contributed by atoms with E-state index < -0.39 is 10.0 Å². The van der Waals surface area contributed by atoms with E-state index in [1.807, 2.05) is 18.7 Å². The highest BCUT2D eigenvalue weighted by atomic mass is 32.2. The highest BCUT2D eigenvalue weighted by Gasteiger charge is 2.30. The summed E-state index contributed by atoms with van der Waals surface area (Å²) < 4.78 is 27.5. The van der Waals surface area contributed by atoms with Crippen LogP contribution in [-0.2, 0) is 26.0 Å². The Hall–Kier alpha value is -1.97. The third kappa shape index (κ3) is 4.37.